The first-order valence-electron chi connectivity index (χ1n) is 5.90. The molecule has 2 aromatic heterocycles. The lowest BCUT2D eigenvalue weighted by atomic mass is 10.1. The zero-order valence-electron chi connectivity index (χ0n) is 10.2. The predicted molar refractivity (Wildman–Crippen MR) is 75.4 cm³/mol. The molecule has 6 nitrogen and oxygen atoms in total. The van der Waals surface area contributed by atoms with Gasteiger partial charge in [-0.25, -0.2) is 4.98 Å². The first-order valence-corrected chi connectivity index (χ1v) is 7.27. The summed E-state index contributed by atoms with van der Waals surface area (Å²) in [5.41, 5.74) is 1.01. The number of halogens is 1. The van der Waals surface area contributed by atoms with E-state index in [1.165, 1.54) is 6.33 Å². The normalized spacial score (nSPS) is 22.8. The number of carbonyl (C=O) groups is 1. The number of H-pyrrole nitrogens is 1. The van der Waals surface area contributed by atoms with Gasteiger partial charge in [0.05, 0.1) is 11.1 Å². The monoisotopic (exact) mass is 297 g/mol. The third-order valence-electron chi connectivity index (χ3n) is 3.17. The van der Waals surface area contributed by atoms with Gasteiger partial charge < -0.3 is 4.98 Å². The van der Waals surface area contributed by atoms with Gasteiger partial charge in [-0.3, -0.25) is 10.1 Å². The molecule has 8 heteroatoms. The zero-order chi connectivity index (χ0) is 13.5. The quantitative estimate of drug-likeness (QED) is 0.831. The lowest BCUT2D eigenvalue weighted by molar-refractivity contribution is -0.118. The van der Waals surface area contributed by atoms with Gasteiger partial charge in [0, 0.05) is 0 Å². The Morgan fingerprint density at radius 1 is 1.58 bits per heavy atom. The minimum absolute atomic E-state index is 0.0825. The smallest absolute Gasteiger partial charge is 0.242 e. The molecule has 2 aromatic rings. The van der Waals surface area contributed by atoms with E-state index in [1.807, 2.05) is 6.92 Å². The van der Waals surface area contributed by atoms with Crippen LogP contribution in [0.25, 0.3) is 11.2 Å². The number of carbonyl (C=O) groups excluding carboxylic acids is 1. The average Bonchev–Trinajstić information content (AvgIpc) is 2.98. The maximum atomic E-state index is 12.2. The van der Waals surface area contributed by atoms with Crippen LogP contribution in [0.2, 0.25) is 5.15 Å². The molecule has 3 rings (SSSR count). The van der Waals surface area contributed by atoms with E-state index in [0.717, 1.165) is 18.6 Å². The summed E-state index contributed by atoms with van der Waals surface area (Å²) in [6.07, 6.45) is 3.40. The van der Waals surface area contributed by atoms with Crippen molar-refractivity contribution in [3.05, 3.63) is 11.5 Å². The van der Waals surface area contributed by atoms with Gasteiger partial charge in [-0.2, -0.15) is 9.97 Å². The van der Waals surface area contributed by atoms with Crippen LogP contribution in [-0.2, 0) is 4.79 Å². The molecule has 1 fully saturated rings. The number of aromatic nitrogens is 4. The number of thioether (sulfide) groups is 1. The van der Waals surface area contributed by atoms with Crippen molar-refractivity contribution in [2.45, 2.75) is 24.5 Å². The highest BCUT2D eigenvalue weighted by atomic mass is 35.5. The fourth-order valence-electron chi connectivity index (χ4n) is 2.05. The highest BCUT2D eigenvalue weighted by Crippen LogP contribution is 2.38. The molecular weight excluding hydrogens is 286 g/mol. The van der Waals surface area contributed by atoms with Gasteiger partial charge in [-0.15, -0.1) is 11.8 Å². The average molecular weight is 298 g/mol. The third kappa shape index (κ3) is 2.28. The maximum Gasteiger partial charge on any atom is 0.242 e. The Balaban J connectivity index is 1.86. The summed E-state index contributed by atoms with van der Waals surface area (Å²) >= 11 is 7.66. The number of aromatic amines is 1. The van der Waals surface area contributed by atoms with Crippen LogP contribution in [0.4, 0.5) is 5.95 Å². The molecule has 1 aliphatic rings. The number of hydrogen-bond donors (Lipinski definition) is 2. The molecule has 0 bridgehead atoms. The lowest BCUT2D eigenvalue weighted by Crippen LogP contribution is -2.35. The van der Waals surface area contributed by atoms with Crippen molar-refractivity contribution in [2.24, 2.45) is 0 Å². The third-order valence-corrected chi connectivity index (χ3v) is 4.96. The fraction of sp³-hybridized carbons (Fsp3) is 0.455. The van der Waals surface area contributed by atoms with Crippen LogP contribution in [0.5, 0.6) is 0 Å². The second-order valence-corrected chi connectivity index (χ2v) is 6.53. The van der Waals surface area contributed by atoms with Crippen molar-refractivity contribution >= 4 is 46.4 Å². The molecular formula is C11H12ClN5OS. The summed E-state index contributed by atoms with van der Waals surface area (Å²) in [6, 6.07) is 0. The van der Waals surface area contributed by atoms with E-state index in [-0.39, 0.29) is 17.0 Å². The van der Waals surface area contributed by atoms with Crippen molar-refractivity contribution in [3.63, 3.8) is 0 Å². The molecule has 0 aliphatic carbocycles. The molecule has 1 saturated heterocycles. The molecule has 0 spiro atoms. The molecule has 1 aliphatic heterocycles. The number of fused-ring (bicyclic) bond motifs is 1. The van der Waals surface area contributed by atoms with Crippen LogP contribution < -0.4 is 5.32 Å². The van der Waals surface area contributed by atoms with Gasteiger partial charge in [0.25, 0.3) is 0 Å². The Morgan fingerprint density at radius 3 is 3.16 bits per heavy atom. The van der Waals surface area contributed by atoms with Gasteiger partial charge >= 0.3 is 0 Å². The van der Waals surface area contributed by atoms with E-state index < -0.39 is 4.75 Å². The number of nitrogens with zero attached hydrogens (tertiary/aromatic N) is 3. The molecule has 3 heterocycles. The number of nitrogens with one attached hydrogen (secondary N) is 2. The van der Waals surface area contributed by atoms with Crippen LogP contribution in [-0.4, -0.2) is 36.3 Å². The van der Waals surface area contributed by atoms with E-state index >= 15 is 0 Å². The second-order valence-electron chi connectivity index (χ2n) is 4.58. The Labute approximate surface area is 118 Å². The lowest BCUT2D eigenvalue weighted by Gasteiger charge is -2.20. The first-order chi connectivity index (χ1) is 9.08. The molecule has 1 amide bonds. The zero-order valence-corrected chi connectivity index (χ0v) is 11.8. The summed E-state index contributed by atoms with van der Waals surface area (Å²) < 4.78 is -0.406. The summed E-state index contributed by atoms with van der Waals surface area (Å²) in [5, 5.41) is 2.98. The Bertz CT molecular complexity index is 637. The maximum absolute atomic E-state index is 12.2. The molecule has 2 N–H and O–H groups in total. The topological polar surface area (TPSA) is 83.6 Å². The number of rotatable bonds is 2. The molecule has 19 heavy (non-hydrogen) atoms. The number of imidazole rings is 1. The second kappa shape index (κ2) is 4.64. The van der Waals surface area contributed by atoms with Gasteiger partial charge in [0.2, 0.25) is 11.9 Å². The first kappa shape index (κ1) is 12.7. The summed E-state index contributed by atoms with van der Waals surface area (Å²) in [5.74, 6) is 1.12. The van der Waals surface area contributed by atoms with Crippen molar-refractivity contribution in [2.75, 3.05) is 11.1 Å². The van der Waals surface area contributed by atoms with E-state index in [4.69, 9.17) is 11.6 Å². The van der Waals surface area contributed by atoms with E-state index in [9.17, 15) is 4.79 Å². The van der Waals surface area contributed by atoms with Gasteiger partial charge in [-0.1, -0.05) is 11.6 Å². The van der Waals surface area contributed by atoms with Crippen LogP contribution in [0.15, 0.2) is 6.33 Å². The highest BCUT2D eigenvalue weighted by Gasteiger charge is 2.37. The Kier molecular flexibility index (Phi) is 3.10. The van der Waals surface area contributed by atoms with Crippen molar-refractivity contribution in [3.8, 4) is 0 Å². The largest absolute Gasteiger partial charge is 0.341 e. The van der Waals surface area contributed by atoms with Crippen LogP contribution in [0.1, 0.15) is 19.8 Å². The molecule has 0 saturated carbocycles. The van der Waals surface area contributed by atoms with Crippen molar-refractivity contribution in [1.82, 2.24) is 19.9 Å². The summed E-state index contributed by atoms with van der Waals surface area (Å²) in [7, 11) is 0. The summed E-state index contributed by atoms with van der Waals surface area (Å²) in [6.45, 7) is 1.94. The molecule has 100 valence electrons. The van der Waals surface area contributed by atoms with Crippen molar-refractivity contribution in [1.29, 1.82) is 0 Å². The van der Waals surface area contributed by atoms with E-state index in [2.05, 4.69) is 25.3 Å². The Morgan fingerprint density at radius 2 is 2.42 bits per heavy atom. The molecule has 0 aromatic carbocycles. The minimum atomic E-state index is -0.406. The number of hydrogen-bond acceptors (Lipinski definition) is 5. The minimum Gasteiger partial charge on any atom is -0.341 e. The van der Waals surface area contributed by atoms with Gasteiger partial charge in [-0.05, 0) is 25.5 Å². The highest BCUT2D eigenvalue weighted by molar-refractivity contribution is 8.01. The van der Waals surface area contributed by atoms with Crippen molar-refractivity contribution < 1.29 is 4.79 Å². The van der Waals surface area contributed by atoms with Gasteiger partial charge in [0.15, 0.2) is 10.8 Å². The molecule has 1 unspecified atom stereocenters. The van der Waals surface area contributed by atoms with E-state index in [1.54, 1.807) is 11.8 Å². The van der Waals surface area contributed by atoms with Crippen LogP contribution in [0.3, 0.4) is 0 Å². The summed E-state index contributed by atoms with van der Waals surface area (Å²) in [4.78, 5) is 27.3. The standard InChI is InChI=1S/C11H12ClN5OS/c1-11(3-2-4-19-11)9(18)17-10-15-7(12)6-8(16-10)14-5-13-6/h5H,2-4H2,1H3,(H2,13,14,15,16,17,18). The van der Waals surface area contributed by atoms with Gasteiger partial charge in [0.1, 0.15) is 5.52 Å². The molecule has 0 radical (unpaired) electrons. The number of anilines is 1. The number of amides is 1. The molecule has 1 atom stereocenters. The fourth-order valence-corrected chi connectivity index (χ4v) is 3.47. The SMILES string of the molecule is CC1(C(=O)Nc2nc(Cl)c3[nH]cnc3n2)CCCS1. The van der Waals surface area contributed by atoms with E-state index in [0.29, 0.717) is 11.2 Å². The predicted octanol–water partition coefficient (Wildman–Crippen LogP) is 2.23. The Hall–Kier alpha value is -1.34. The van der Waals surface area contributed by atoms with Crippen LogP contribution in [0, 0.1) is 0 Å². The van der Waals surface area contributed by atoms with Crippen LogP contribution >= 0.6 is 23.4 Å².